The average Bonchev–Trinajstić information content (AvgIpc) is 2.65. The Morgan fingerprint density at radius 2 is 1.72 bits per heavy atom. The third-order valence-electron chi connectivity index (χ3n) is 3.99. The molecule has 1 N–H and O–H groups in total. The fraction of sp³-hybridized carbons (Fsp3) is 0.190. The second-order valence-electron chi connectivity index (χ2n) is 5.82. The van der Waals surface area contributed by atoms with Crippen molar-refractivity contribution >= 4 is 28.4 Å². The van der Waals surface area contributed by atoms with E-state index in [1.807, 2.05) is 36.4 Å². The molecule has 0 radical (unpaired) electrons. The second kappa shape index (κ2) is 8.08. The molecule has 0 saturated carbocycles. The van der Waals surface area contributed by atoms with E-state index in [0.717, 1.165) is 16.5 Å². The predicted molar refractivity (Wildman–Crippen MR) is 105 cm³/mol. The van der Waals surface area contributed by atoms with Gasteiger partial charge < -0.3 is 10.1 Å². The van der Waals surface area contributed by atoms with Crippen molar-refractivity contribution in [2.24, 2.45) is 0 Å². The molecule has 0 aliphatic rings. The first kappa shape index (κ1) is 17.4. The van der Waals surface area contributed by atoms with Crippen LogP contribution in [0.2, 0.25) is 0 Å². The number of rotatable bonds is 6. The fourth-order valence-electron chi connectivity index (χ4n) is 2.63. The van der Waals surface area contributed by atoms with Crippen molar-refractivity contribution in [3.05, 3.63) is 71.8 Å². The lowest BCUT2D eigenvalue weighted by Gasteiger charge is -2.11. The van der Waals surface area contributed by atoms with Crippen LogP contribution in [0.1, 0.15) is 15.9 Å². The molecule has 4 heteroatoms. The van der Waals surface area contributed by atoms with Crippen LogP contribution >= 0.6 is 11.8 Å². The van der Waals surface area contributed by atoms with E-state index in [1.54, 1.807) is 18.9 Å². The summed E-state index contributed by atoms with van der Waals surface area (Å²) in [7, 11) is 1.59. The number of hydrogen-bond acceptors (Lipinski definition) is 3. The molecule has 25 heavy (non-hydrogen) atoms. The molecular formula is C21H21NO2S. The number of hydrogen-bond donors (Lipinski definition) is 1. The molecule has 3 nitrogen and oxygen atoms in total. The molecule has 0 unspecified atom stereocenters. The van der Waals surface area contributed by atoms with Crippen LogP contribution in [-0.2, 0) is 0 Å². The number of benzene rings is 3. The van der Waals surface area contributed by atoms with E-state index in [-0.39, 0.29) is 5.91 Å². The number of ether oxygens (including phenoxy) is 1. The summed E-state index contributed by atoms with van der Waals surface area (Å²) in [4.78, 5) is 13.7. The van der Waals surface area contributed by atoms with E-state index in [2.05, 4.69) is 36.5 Å². The van der Waals surface area contributed by atoms with Gasteiger partial charge in [0.15, 0.2) is 0 Å². The standard InChI is InChI=1S/C21H21NO2S/c1-15-7-9-18(10-8-15)25-12-11-22-21(23)19-13-16-5-3-4-6-17(16)14-20(19)24-2/h3-10,13-14H,11-12H2,1-2H3,(H,22,23). The molecule has 128 valence electrons. The number of carbonyl (C=O) groups is 1. The molecule has 0 aliphatic heterocycles. The first-order chi connectivity index (χ1) is 12.2. The molecule has 3 aromatic rings. The van der Waals surface area contributed by atoms with Gasteiger partial charge in [-0.05, 0) is 42.0 Å². The van der Waals surface area contributed by atoms with Crippen molar-refractivity contribution in [2.75, 3.05) is 19.4 Å². The molecule has 0 saturated heterocycles. The van der Waals surface area contributed by atoms with Gasteiger partial charge in [-0.1, -0.05) is 42.0 Å². The van der Waals surface area contributed by atoms with Gasteiger partial charge in [0.2, 0.25) is 0 Å². The van der Waals surface area contributed by atoms with Gasteiger partial charge in [0.05, 0.1) is 12.7 Å². The molecule has 0 fully saturated rings. The van der Waals surface area contributed by atoms with Crippen molar-refractivity contribution in [3.8, 4) is 5.75 Å². The lowest BCUT2D eigenvalue weighted by Crippen LogP contribution is -2.26. The molecule has 0 aliphatic carbocycles. The third kappa shape index (κ3) is 4.34. The topological polar surface area (TPSA) is 38.3 Å². The van der Waals surface area contributed by atoms with Crippen molar-refractivity contribution in [1.82, 2.24) is 5.32 Å². The minimum Gasteiger partial charge on any atom is -0.496 e. The fourth-order valence-corrected chi connectivity index (χ4v) is 3.40. The van der Waals surface area contributed by atoms with Crippen molar-refractivity contribution < 1.29 is 9.53 Å². The van der Waals surface area contributed by atoms with Gasteiger partial charge in [-0.2, -0.15) is 0 Å². The van der Waals surface area contributed by atoms with Crippen LogP contribution in [0.25, 0.3) is 10.8 Å². The third-order valence-corrected chi connectivity index (χ3v) is 5.00. The largest absolute Gasteiger partial charge is 0.496 e. The lowest BCUT2D eigenvalue weighted by molar-refractivity contribution is 0.0953. The van der Waals surface area contributed by atoms with Crippen LogP contribution in [0.5, 0.6) is 5.75 Å². The normalized spacial score (nSPS) is 10.6. The van der Waals surface area contributed by atoms with E-state index in [9.17, 15) is 4.79 Å². The van der Waals surface area contributed by atoms with Crippen molar-refractivity contribution in [3.63, 3.8) is 0 Å². The Balaban J connectivity index is 1.62. The van der Waals surface area contributed by atoms with E-state index >= 15 is 0 Å². The second-order valence-corrected chi connectivity index (χ2v) is 6.99. The van der Waals surface area contributed by atoms with E-state index < -0.39 is 0 Å². The van der Waals surface area contributed by atoms with Gasteiger partial charge in [0.1, 0.15) is 5.75 Å². The molecule has 3 aromatic carbocycles. The van der Waals surface area contributed by atoms with Gasteiger partial charge in [-0.3, -0.25) is 4.79 Å². The number of fused-ring (bicyclic) bond motifs is 1. The first-order valence-electron chi connectivity index (χ1n) is 8.22. The maximum Gasteiger partial charge on any atom is 0.255 e. The van der Waals surface area contributed by atoms with E-state index in [0.29, 0.717) is 17.9 Å². The lowest BCUT2D eigenvalue weighted by atomic mass is 10.1. The highest BCUT2D eigenvalue weighted by Crippen LogP contribution is 2.26. The number of nitrogens with one attached hydrogen (secondary N) is 1. The van der Waals surface area contributed by atoms with Crippen molar-refractivity contribution in [1.29, 1.82) is 0 Å². The molecular weight excluding hydrogens is 330 g/mol. The Hall–Kier alpha value is -2.46. The van der Waals surface area contributed by atoms with Gasteiger partial charge in [0.25, 0.3) is 5.91 Å². The van der Waals surface area contributed by atoms with Gasteiger partial charge in [-0.25, -0.2) is 0 Å². The van der Waals surface area contributed by atoms with Crippen LogP contribution in [0, 0.1) is 6.92 Å². The molecule has 0 spiro atoms. The van der Waals surface area contributed by atoms with Crippen LogP contribution in [0.3, 0.4) is 0 Å². The summed E-state index contributed by atoms with van der Waals surface area (Å²) >= 11 is 1.73. The number of aryl methyl sites for hydroxylation is 1. The maximum atomic E-state index is 12.5. The minimum absolute atomic E-state index is 0.105. The zero-order valence-corrected chi connectivity index (χ0v) is 15.2. The Bertz CT molecular complexity index is 875. The summed E-state index contributed by atoms with van der Waals surface area (Å²) in [5.74, 6) is 1.32. The SMILES string of the molecule is COc1cc2ccccc2cc1C(=O)NCCSc1ccc(C)cc1. The molecule has 0 aromatic heterocycles. The summed E-state index contributed by atoms with van der Waals surface area (Å²) in [5.41, 5.74) is 1.82. The summed E-state index contributed by atoms with van der Waals surface area (Å²) in [5, 5.41) is 5.07. The highest BCUT2D eigenvalue weighted by atomic mass is 32.2. The van der Waals surface area contributed by atoms with Gasteiger partial charge in [0, 0.05) is 17.2 Å². The van der Waals surface area contributed by atoms with Crippen molar-refractivity contribution in [2.45, 2.75) is 11.8 Å². The van der Waals surface area contributed by atoms with Crippen LogP contribution in [0.15, 0.2) is 65.6 Å². The van der Waals surface area contributed by atoms with Gasteiger partial charge in [-0.15, -0.1) is 11.8 Å². The summed E-state index contributed by atoms with van der Waals surface area (Å²) in [6.45, 7) is 2.68. The summed E-state index contributed by atoms with van der Waals surface area (Å²) in [6, 6.07) is 20.2. The molecule has 0 heterocycles. The van der Waals surface area contributed by atoms with Crippen LogP contribution < -0.4 is 10.1 Å². The summed E-state index contributed by atoms with van der Waals surface area (Å²) < 4.78 is 5.40. The molecule has 0 atom stereocenters. The van der Waals surface area contributed by atoms with Crippen LogP contribution in [-0.4, -0.2) is 25.3 Å². The highest BCUT2D eigenvalue weighted by molar-refractivity contribution is 7.99. The predicted octanol–water partition coefficient (Wildman–Crippen LogP) is 4.68. The molecule has 3 rings (SSSR count). The zero-order chi connectivity index (χ0) is 17.6. The smallest absolute Gasteiger partial charge is 0.255 e. The Kier molecular flexibility index (Phi) is 5.61. The van der Waals surface area contributed by atoms with Gasteiger partial charge >= 0.3 is 0 Å². The zero-order valence-electron chi connectivity index (χ0n) is 14.4. The van der Waals surface area contributed by atoms with E-state index in [1.165, 1.54) is 10.5 Å². The van der Waals surface area contributed by atoms with E-state index in [4.69, 9.17) is 4.74 Å². The maximum absolute atomic E-state index is 12.5. The van der Waals surface area contributed by atoms with Crippen LogP contribution in [0.4, 0.5) is 0 Å². The first-order valence-corrected chi connectivity index (χ1v) is 9.20. The number of amides is 1. The molecule has 0 bridgehead atoms. The quantitative estimate of drug-likeness (QED) is 0.518. The number of thioether (sulfide) groups is 1. The highest BCUT2D eigenvalue weighted by Gasteiger charge is 2.13. The Morgan fingerprint density at radius 3 is 2.40 bits per heavy atom. The molecule has 1 amide bonds. The monoisotopic (exact) mass is 351 g/mol. The number of carbonyl (C=O) groups excluding carboxylic acids is 1. The minimum atomic E-state index is -0.105. The average molecular weight is 351 g/mol. The summed E-state index contributed by atoms with van der Waals surface area (Å²) in [6.07, 6.45) is 0. The Labute approximate surface area is 152 Å². The Morgan fingerprint density at radius 1 is 1.04 bits per heavy atom. The number of methoxy groups -OCH3 is 1.